The third-order valence-corrected chi connectivity index (χ3v) is 2.90. The van der Waals surface area contributed by atoms with E-state index in [4.69, 9.17) is 9.84 Å². The molecular formula is C14H13F3N2O3. The molecule has 0 fully saturated rings. The molecule has 0 saturated carbocycles. The van der Waals surface area contributed by atoms with Gasteiger partial charge in [-0.3, -0.25) is 9.48 Å². The van der Waals surface area contributed by atoms with Crippen LogP contribution in [0.1, 0.15) is 12.1 Å². The summed E-state index contributed by atoms with van der Waals surface area (Å²) in [6.45, 7) is 0.0264. The van der Waals surface area contributed by atoms with Crippen LogP contribution in [0, 0.1) is 0 Å². The Bertz CT molecular complexity index is 663. The molecule has 0 spiro atoms. The van der Waals surface area contributed by atoms with Crippen molar-refractivity contribution in [2.45, 2.75) is 12.6 Å². The number of rotatable bonds is 5. The quantitative estimate of drug-likeness (QED) is 0.921. The second kappa shape index (κ2) is 6.08. The molecule has 2 aromatic rings. The first-order valence-corrected chi connectivity index (χ1v) is 6.33. The molecule has 1 N–H and O–H groups in total. The van der Waals surface area contributed by atoms with Crippen LogP contribution in [0.25, 0.3) is 11.3 Å². The van der Waals surface area contributed by atoms with Gasteiger partial charge in [-0.2, -0.15) is 18.3 Å². The summed E-state index contributed by atoms with van der Waals surface area (Å²) >= 11 is 0. The molecule has 0 saturated heterocycles. The Kier molecular flexibility index (Phi) is 4.39. The zero-order chi connectivity index (χ0) is 16.3. The van der Waals surface area contributed by atoms with Gasteiger partial charge in [0, 0.05) is 12.6 Å². The average Bonchev–Trinajstić information content (AvgIpc) is 2.81. The van der Waals surface area contributed by atoms with Crippen molar-refractivity contribution in [2.24, 2.45) is 7.05 Å². The molecule has 0 aliphatic rings. The first kappa shape index (κ1) is 15.9. The number of ether oxygens (including phenoxy) is 1. The molecule has 0 amide bonds. The number of hydrogen-bond acceptors (Lipinski definition) is 3. The van der Waals surface area contributed by atoms with Gasteiger partial charge in [0.25, 0.3) is 0 Å². The highest BCUT2D eigenvalue weighted by Crippen LogP contribution is 2.31. The number of aliphatic carboxylic acids is 1. The lowest BCUT2D eigenvalue weighted by Gasteiger charge is -2.06. The van der Waals surface area contributed by atoms with Crippen molar-refractivity contribution in [3.63, 3.8) is 0 Å². The summed E-state index contributed by atoms with van der Waals surface area (Å²) in [7, 11) is 1.43. The topological polar surface area (TPSA) is 64.4 Å². The molecule has 0 unspecified atom stereocenters. The Hall–Kier alpha value is -2.51. The van der Waals surface area contributed by atoms with E-state index in [0.29, 0.717) is 17.0 Å². The van der Waals surface area contributed by atoms with Crippen molar-refractivity contribution in [1.82, 2.24) is 9.78 Å². The van der Waals surface area contributed by atoms with Crippen molar-refractivity contribution >= 4 is 5.97 Å². The largest absolute Gasteiger partial charge is 0.493 e. The van der Waals surface area contributed by atoms with Crippen LogP contribution in [0.15, 0.2) is 30.3 Å². The van der Waals surface area contributed by atoms with Crippen LogP contribution in [0.4, 0.5) is 13.2 Å². The molecule has 1 aromatic carbocycles. The van der Waals surface area contributed by atoms with E-state index < -0.39 is 17.8 Å². The molecule has 22 heavy (non-hydrogen) atoms. The van der Waals surface area contributed by atoms with Gasteiger partial charge in [0.2, 0.25) is 0 Å². The Morgan fingerprint density at radius 2 is 1.95 bits per heavy atom. The lowest BCUT2D eigenvalue weighted by Crippen LogP contribution is -2.06. The molecule has 0 aliphatic carbocycles. The van der Waals surface area contributed by atoms with Crippen LogP contribution in [0.2, 0.25) is 0 Å². The summed E-state index contributed by atoms with van der Waals surface area (Å²) in [5.41, 5.74) is -0.0766. The van der Waals surface area contributed by atoms with E-state index in [9.17, 15) is 18.0 Å². The molecule has 118 valence electrons. The molecule has 1 aromatic heterocycles. The average molecular weight is 314 g/mol. The highest BCUT2D eigenvalue weighted by atomic mass is 19.4. The molecular weight excluding hydrogens is 301 g/mol. The Balaban J connectivity index is 2.13. The molecule has 0 aliphatic heterocycles. The number of carboxylic acid groups (broad SMARTS) is 1. The van der Waals surface area contributed by atoms with Gasteiger partial charge >= 0.3 is 12.1 Å². The first-order valence-electron chi connectivity index (χ1n) is 6.33. The van der Waals surface area contributed by atoms with Gasteiger partial charge < -0.3 is 9.84 Å². The molecule has 8 heteroatoms. The maximum atomic E-state index is 12.6. The third-order valence-electron chi connectivity index (χ3n) is 2.90. The molecule has 5 nitrogen and oxygen atoms in total. The zero-order valence-corrected chi connectivity index (χ0v) is 11.6. The number of alkyl halides is 3. The fourth-order valence-electron chi connectivity index (χ4n) is 1.85. The van der Waals surface area contributed by atoms with Crippen LogP contribution >= 0.6 is 0 Å². The van der Waals surface area contributed by atoms with E-state index in [1.54, 1.807) is 24.3 Å². The molecule has 2 rings (SSSR count). The number of halogens is 3. The van der Waals surface area contributed by atoms with Crippen LogP contribution < -0.4 is 4.74 Å². The lowest BCUT2D eigenvalue weighted by atomic mass is 10.1. The smallest absolute Gasteiger partial charge is 0.435 e. The standard InChI is InChI=1S/C14H13F3N2O3/c1-19-11(8-12(18-19)14(15,16)17)9-2-4-10(5-3-9)22-7-6-13(20)21/h2-5,8H,6-7H2,1H3,(H,20,21). The monoisotopic (exact) mass is 314 g/mol. The van der Waals surface area contributed by atoms with E-state index in [1.165, 1.54) is 7.05 Å². The van der Waals surface area contributed by atoms with Gasteiger partial charge in [-0.05, 0) is 30.3 Å². The van der Waals surface area contributed by atoms with Crippen LogP contribution in [0.3, 0.4) is 0 Å². The zero-order valence-electron chi connectivity index (χ0n) is 11.6. The minimum Gasteiger partial charge on any atom is -0.493 e. The summed E-state index contributed by atoms with van der Waals surface area (Å²) in [4.78, 5) is 10.4. The van der Waals surface area contributed by atoms with Gasteiger partial charge in [0.05, 0.1) is 18.7 Å². The maximum absolute atomic E-state index is 12.6. The van der Waals surface area contributed by atoms with Crippen LogP contribution in [-0.2, 0) is 18.0 Å². The minimum atomic E-state index is -4.49. The highest BCUT2D eigenvalue weighted by molar-refractivity contribution is 5.66. The number of benzene rings is 1. The number of aryl methyl sites for hydroxylation is 1. The number of hydrogen-bond donors (Lipinski definition) is 1. The van der Waals surface area contributed by atoms with E-state index >= 15 is 0 Å². The number of aromatic nitrogens is 2. The van der Waals surface area contributed by atoms with E-state index in [2.05, 4.69) is 5.10 Å². The Morgan fingerprint density at radius 3 is 2.45 bits per heavy atom. The lowest BCUT2D eigenvalue weighted by molar-refractivity contribution is -0.141. The molecule has 0 bridgehead atoms. The normalized spacial score (nSPS) is 11.5. The molecule has 0 atom stereocenters. The van der Waals surface area contributed by atoms with E-state index in [0.717, 1.165) is 10.7 Å². The Morgan fingerprint density at radius 1 is 1.32 bits per heavy atom. The number of carboxylic acids is 1. The van der Waals surface area contributed by atoms with Crippen molar-refractivity contribution in [1.29, 1.82) is 0 Å². The number of carbonyl (C=O) groups is 1. The van der Waals surface area contributed by atoms with Gasteiger partial charge in [-0.25, -0.2) is 0 Å². The van der Waals surface area contributed by atoms with Crippen molar-refractivity contribution in [3.05, 3.63) is 36.0 Å². The fourth-order valence-corrected chi connectivity index (χ4v) is 1.85. The number of nitrogens with zero attached hydrogens (tertiary/aromatic N) is 2. The van der Waals surface area contributed by atoms with Crippen LogP contribution in [-0.4, -0.2) is 27.5 Å². The predicted molar refractivity (Wildman–Crippen MR) is 71.4 cm³/mol. The van der Waals surface area contributed by atoms with E-state index in [-0.39, 0.29) is 13.0 Å². The summed E-state index contributed by atoms with van der Waals surface area (Å²) < 4.78 is 44.2. The third kappa shape index (κ3) is 3.78. The summed E-state index contributed by atoms with van der Waals surface area (Å²) in [5.74, 6) is -0.519. The summed E-state index contributed by atoms with van der Waals surface area (Å²) in [6, 6.07) is 7.29. The van der Waals surface area contributed by atoms with Crippen molar-refractivity contribution < 1.29 is 27.8 Å². The van der Waals surface area contributed by atoms with Gasteiger partial charge in [-0.15, -0.1) is 0 Å². The van der Waals surface area contributed by atoms with Crippen molar-refractivity contribution in [2.75, 3.05) is 6.61 Å². The molecule has 0 radical (unpaired) electrons. The first-order chi connectivity index (χ1) is 10.3. The SMILES string of the molecule is Cn1nc(C(F)(F)F)cc1-c1ccc(OCCC(=O)O)cc1. The van der Waals surface area contributed by atoms with E-state index in [1.807, 2.05) is 0 Å². The fraction of sp³-hybridized carbons (Fsp3) is 0.286. The maximum Gasteiger partial charge on any atom is 0.435 e. The predicted octanol–water partition coefficient (Wildman–Crippen LogP) is 2.96. The summed E-state index contributed by atoms with van der Waals surface area (Å²) in [6.07, 6.45) is -4.62. The second-order valence-corrected chi connectivity index (χ2v) is 4.55. The molecule has 1 heterocycles. The highest BCUT2D eigenvalue weighted by Gasteiger charge is 2.34. The van der Waals surface area contributed by atoms with Crippen LogP contribution in [0.5, 0.6) is 5.75 Å². The Labute approximate surface area is 123 Å². The van der Waals surface area contributed by atoms with Gasteiger partial charge in [0.1, 0.15) is 5.75 Å². The van der Waals surface area contributed by atoms with Crippen molar-refractivity contribution in [3.8, 4) is 17.0 Å². The summed E-state index contributed by atoms with van der Waals surface area (Å²) in [5, 5.41) is 11.9. The minimum absolute atomic E-state index is 0.0264. The van der Waals surface area contributed by atoms with Gasteiger partial charge in [0.15, 0.2) is 5.69 Å². The van der Waals surface area contributed by atoms with Gasteiger partial charge in [-0.1, -0.05) is 0 Å². The second-order valence-electron chi connectivity index (χ2n) is 4.55.